The average molecular weight is 387 g/mol. The first-order valence-electron chi connectivity index (χ1n) is 10.9. The van der Waals surface area contributed by atoms with E-state index >= 15 is 0 Å². The summed E-state index contributed by atoms with van der Waals surface area (Å²) in [4.78, 5) is 0. The van der Waals surface area contributed by atoms with E-state index in [0.29, 0.717) is 0 Å². The first kappa shape index (κ1) is 17.7. The van der Waals surface area contributed by atoms with E-state index in [4.69, 9.17) is 0 Å². The van der Waals surface area contributed by atoms with Crippen molar-refractivity contribution in [2.45, 2.75) is 39.5 Å². The number of aryl methyl sites for hydroxylation is 2. The van der Waals surface area contributed by atoms with Gasteiger partial charge in [-0.3, -0.25) is 0 Å². The number of fused-ring (bicyclic) bond motifs is 7. The first-order valence-corrected chi connectivity index (χ1v) is 10.9. The Labute approximate surface area is 179 Å². The molecule has 2 aliphatic carbocycles. The van der Waals surface area contributed by atoms with Crippen molar-refractivity contribution in [2.75, 3.05) is 0 Å². The molecule has 0 aliphatic heterocycles. The van der Waals surface area contributed by atoms with Crippen LogP contribution in [-0.2, 0) is 11.8 Å². The molecule has 0 N–H and O–H groups in total. The second kappa shape index (κ2) is 5.95. The Kier molecular flexibility index (Phi) is 3.51. The molecule has 6 rings (SSSR count). The number of hydrogen-bond donors (Lipinski definition) is 0. The van der Waals surface area contributed by atoms with Gasteiger partial charge in [0, 0.05) is 5.41 Å². The van der Waals surface area contributed by atoms with E-state index in [1.54, 1.807) is 0 Å². The van der Waals surface area contributed by atoms with Gasteiger partial charge in [-0.2, -0.15) is 0 Å². The minimum absolute atomic E-state index is 0.00774. The molecule has 0 bridgehead atoms. The summed E-state index contributed by atoms with van der Waals surface area (Å²) in [7, 11) is 0. The van der Waals surface area contributed by atoms with Gasteiger partial charge < -0.3 is 0 Å². The molecule has 0 radical (unpaired) electrons. The number of rotatable bonds is 1. The van der Waals surface area contributed by atoms with Crippen molar-refractivity contribution in [3.8, 4) is 33.4 Å². The first-order chi connectivity index (χ1) is 14.4. The Balaban J connectivity index is 1.53. The minimum Gasteiger partial charge on any atom is -0.0587 e. The van der Waals surface area contributed by atoms with Gasteiger partial charge in [-0.1, -0.05) is 91.7 Å². The summed E-state index contributed by atoms with van der Waals surface area (Å²) in [6.45, 7) is 9.16. The van der Waals surface area contributed by atoms with Crippen LogP contribution in [0.1, 0.15) is 47.2 Å². The van der Waals surface area contributed by atoms with Gasteiger partial charge in [-0.15, -0.1) is 0 Å². The van der Waals surface area contributed by atoms with E-state index in [2.05, 4.69) is 100 Å². The molecule has 30 heavy (non-hydrogen) atoms. The molecule has 0 atom stereocenters. The fourth-order valence-electron chi connectivity index (χ4n) is 5.70. The Hall–Kier alpha value is -3.12. The van der Waals surface area contributed by atoms with E-state index in [-0.39, 0.29) is 5.41 Å². The molecule has 0 saturated heterocycles. The van der Waals surface area contributed by atoms with Crippen molar-refractivity contribution in [3.05, 3.63) is 106 Å². The summed E-state index contributed by atoms with van der Waals surface area (Å²) >= 11 is 0. The van der Waals surface area contributed by atoms with Crippen LogP contribution < -0.4 is 0 Å². The highest BCUT2D eigenvalue weighted by molar-refractivity contribution is 5.90. The molecule has 4 aromatic carbocycles. The van der Waals surface area contributed by atoms with Crippen LogP contribution in [0.25, 0.3) is 33.4 Å². The highest BCUT2D eigenvalue weighted by Gasteiger charge is 2.39. The van der Waals surface area contributed by atoms with E-state index in [9.17, 15) is 0 Å². The highest BCUT2D eigenvalue weighted by atomic mass is 14.4. The fourth-order valence-corrected chi connectivity index (χ4v) is 5.70. The maximum absolute atomic E-state index is 2.43. The topological polar surface area (TPSA) is 0 Å². The van der Waals surface area contributed by atoms with Crippen LogP contribution >= 0.6 is 0 Å². The summed E-state index contributed by atoms with van der Waals surface area (Å²) in [5.74, 6) is 0. The predicted octanol–water partition coefficient (Wildman–Crippen LogP) is 7.85. The van der Waals surface area contributed by atoms with Crippen molar-refractivity contribution in [1.29, 1.82) is 0 Å². The van der Waals surface area contributed by atoms with Gasteiger partial charge in [-0.05, 0) is 82.0 Å². The molecule has 2 aliphatic rings. The van der Waals surface area contributed by atoms with Crippen LogP contribution in [0.2, 0.25) is 0 Å². The predicted molar refractivity (Wildman–Crippen MR) is 127 cm³/mol. The Morgan fingerprint density at radius 2 is 1.23 bits per heavy atom. The second-order valence-electron chi connectivity index (χ2n) is 9.60. The zero-order valence-corrected chi connectivity index (χ0v) is 18.1. The smallest absolute Gasteiger partial charge is 0.0162 e. The van der Waals surface area contributed by atoms with Crippen molar-refractivity contribution < 1.29 is 0 Å². The van der Waals surface area contributed by atoms with Crippen molar-refractivity contribution >= 4 is 0 Å². The Morgan fingerprint density at radius 3 is 2.03 bits per heavy atom. The molecular formula is C30H26. The monoisotopic (exact) mass is 386 g/mol. The molecule has 0 heteroatoms. The third kappa shape index (κ3) is 2.34. The van der Waals surface area contributed by atoms with E-state index in [1.807, 2.05) is 0 Å². The zero-order valence-electron chi connectivity index (χ0n) is 18.1. The van der Waals surface area contributed by atoms with Crippen LogP contribution in [0.3, 0.4) is 0 Å². The lowest BCUT2D eigenvalue weighted by atomic mass is 9.78. The van der Waals surface area contributed by atoms with Crippen LogP contribution in [0.4, 0.5) is 0 Å². The molecule has 0 amide bonds. The van der Waals surface area contributed by atoms with Gasteiger partial charge in [0.2, 0.25) is 0 Å². The standard InChI is InChI=1S/C30H26/c1-18-5-8-20(9-6-18)21-10-12-25-26-14-13-24-23-11-7-19(2)15-22(23)16-27(24)29(26)30(3,4)28(25)17-21/h5-15,17H,16H2,1-4H3. The van der Waals surface area contributed by atoms with Gasteiger partial charge in [0.15, 0.2) is 0 Å². The SMILES string of the molecule is Cc1ccc(-c2ccc3c(c2)C(C)(C)c2c-3ccc3c2Cc2cc(C)ccc2-3)cc1. The molecular weight excluding hydrogens is 360 g/mol. The summed E-state index contributed by atoms with van der Waals surface area (Å²) in [6, 6.07) is 27.6. The molecule has 0 aromatic heterocycles. The molecule has 0 heterocycles. The minimum atomic E-state index is 0.00774. The molecule has 0 saturated carbocycles. The van der Waals surface area contributed by atoms with Crippen LogP contribution in [-0.4, -0.2) is 0 Å². The fraction of sp³-hybridized carbons (Fsp3) is 0.200. The van der Waals surface area contributed by atoms with Gasteiger partial charge in [0.25, 0.3) is 0 Å². The third-order valence-corrected chi connectivity index (χ3v) is 7.22. The molecule has 4 aromatic rings. The Morgan fingerprint density at radius 1 is 0.600 bits per heavy atom. The summed E-state index contributed by atoms with van der Waals surface area (Å²) in [6.07, 6.45) is 1.05. The lowest BCUT2D eigenvalue weighted by molar-refractivity contribution is 0.654. The van der Waals surface area contributed by atoms with Crippen LogP contribution in [0.5, 0.6) is 0 Å². The van der Waals surface area contributed by atoms with E-state index in [1.165, 1.54) is 66.8 Å². The zero-order chi connectivity index (χ0) is 20.6. The average Bonchev–Trinajstić information content (AvgIpc) is 3.20. The van der Waals surface area contributed by atoms with E-state index < -0.39 is 0 Å². The maximum Gasteiger partial charge on any atom is 0.0162 e. The Bertz CT molecular complexity index is 1330. The third-order valence-electron chi connectivity index (χ3n) is 7.22. The lowest BCUT2D eigenvalue weighted by Gasteiger charge is -2.24. The summed E-state index contributed by atoms with van der Waals surface area (Å²) in [5, 5.41) is 0. The van der Waals surface area contributed by atoms with Gasteiger partial charge in [0.05, 0.1) is 0 Å². The van der Waals surface area contributed by atoms with Crippen molar-refractivity contribution in [3.63, 3.8) is 0 Å². The largest absolute Gasteiger partial charge is 0.0587 e. The van der Waals surface area contributed by atoms with E-state index in [0.717, 1.165) is 6.42 Å². The van der Waals surface area contributed by atoms with Crippen molar-refractivity contribution in [2.24, 2.45) is 0 Å². The second-order valence-corrected chi connectivity index (χ2v) is 9.60. The van der Waals surface area contributed by atoms with Crippen LogP contribution in [0, 0.1) is 13.8 Å². The highest BCUT2D eigenvalue weighted by Crippen LogP contribution is 2.54. The summed E-state index contributed by atoms with van der Waals surface area (Å²) in [5.41, 5.74) is 16.9. The number of benzene rings is 4. The molecule has 146 valence electrons. The molecule has 0 fully saturated rings. The summed E-state index contributed by atoms with van der Waals surface area (Å²) < 4.78 is 0. The van der Waals surface area contributed by atoms with Gasteiger partial charge in [-0.25, -0.2) is 0 Å². The molecule has 0 nitrogen and oxygen atoms in total. The normalized spacial score (nSPS) is 14.8. The van der Waals surface area contributed by atoms with Crippen LogP contribution in [0.15, 0.2) is 72.8 Å². The maximum atomic E-state index is 2.43. The lowest BCUT2D eigenvalue weighted by Crippen LogP contribution is -2.17. The quantitative estimate of drug-likeness (QED) is 0.275. The van der Waals surface area contributed by atoms with Crippen molar-refractivity contribution in [1.82, 2.24) is 0 Å². The molecule has 0 spiro atoms. The molecule has 0 unspecified atom stereocenters. The van der Waals surface area contributed by atoms with Gasteiger partial charge >= 0.3 is 0 Å². The number of hydrogen-bond acceptors (Lipinski definition) is 0. The van der Waals surface area contributed by atoms with Gasteiger partial charge in [0.1, 0.15) is 0 Å².